The molecular weight excluding hydrogens is 252 g/mol. The molecular formula is C15H26N4O. The lowest BCUT2D eigenvalue weighted by molar-refractivity contribution is 0.0786. The fourth-order valence-electron chi connectivity index (χ4n) is 2.85. The van der Waals surface area contributed by atoms with Crippen molar-refractivity contribution in [3.63, 3.8) is 0 Å². The van der Waals surface area contributed by atoms with Crippen molar-refractivity contribution >= 4 is 5.91 Å². The van der Waals surface area contributed by atoms with Crippen LogP contribution in [0.4, 0.5) is 0 Å². The van der Waals surface area contributed by atoms with Crippen molar-refractivity contribution < 1.29 is 4.79 Å². The van der Waals surface area contributed by atoms with Crippen LogP contribution in [0.5, 0.6) is 0 Å². The second-order valence-corrected chi connectivity index (χ2v) is 6.58. The van der Waals surface area contributed by atoms with Crippen molar-refractivity contribution in [1.82, 2.24) is 14.7 Å². The summed E-state index contributed by atoms with van der Waals surface area (Å²) < 4.78 is 1.97. The van der Waals surface area contributed by atoms with E-state index in [-0.39, 0.29) is 11.4 Å². The fraction of sp³-hybridized carbons (Fsp3) is 0.733. The molecule has 2 N–H and O–H groups in total. The van der Waals surface area contributed by atoms with Crippen LogP contribution in [0.15, 0.2) is 6.20 Å². The maximum absolute atomic E-state index is 12.7. The smallest absolute Gasteiger partial charge is 0.257 e. The molecule has 0 bridgehead atoms. The first-order chi connectivity index (χ1) is 9.38. The molecule has 112 valence electrons. The predicted molar refractivity (Wildman–Crippen MR) is 79.7 cm³/mol. The van der Waals surface area contributed by atoms with Gasteiger partial charge in [-0.2, -0.15) is 5.10 Å². The van der Waals surface area contributed by atoms with Crippen LogP contribution < -0.4 is 5.73 Å². The molecule has 1 aromatic heterocycles. The average molecular weight is 278 g/mol. The van der Waals surface area contributed by atoms with Gasteiger partial charge in [0.05, 0.1) is 23.0 Å². The van der Waals surface area contributed by atoms with Crippen molar-refractivity contribution in [3.8, 4) is 0 Å². The van der Waals surface area contributed by atoms with E-state index < -0.39 is 0 Å². The Kier molecular flexibility index (Phi) is 4.18. The first-order valence-electron chi connectivity index (χ1n) is 7.45. The summed E-state index contributed by atoms with van der Waals surface area (Å²) in [6, 6.07) is 0. The predicted octanol–water partition coefficient (Wildman–Crippen LogP) is 1.62. The van der Waals surface area contributed by atoms with Gasteiger partial charge in [0.1, 0.15) is 0 Å². The van der Waals surface area contributed by atoms with Gasteiger partial charge in [0, 0.05) is 13.1 Å². The van der Waals surface area contributed by atoms with E-state index in [0.717, 1.165) is 37.2 Å². The molecule has 5 heteroatoms. The summed E-state index contributed by atoms with van der Waals surface area (Å²) in [7, 11) is 0. The average Bonchev–Trinajstić information content (AvgIpc) is 3.03. The van der Waals surface area contributed by atoms with Gasteiger partial charge in [0.15, 0.2) is 0 Å². The largest absolute Gasteiger partial charge is 0.338 e. The van der Waals surface area contributed by atoms with Gasteiger partial charge in [-0.1, -0.05) is 6.92 Å². The van der Waals surface area contributed by atoms with E-state index >= 15 is 0 Å². The van der Waals surface area contributed by atoms with E-state index in [0.29, 0.717) is 12.5 Å². The lowest BCUT2D eigenvalue weighted by Crippen LogP contribution is -2.31. The maximum atomic E-state index is 12.7. The Hall–Kier alpha value is -1.36. The highest BCUT2D eigenvalue weighted by atomic mass is 16.2. The zero-order chi connectivity index (χ0) is 14.9. The number of aromatic nitrogens is 2. The van der Waals surface area contributed by atoms with Crippen LogP contribution in [0.2, 0.25) is 0 Å². The van der Waals surface area contributed by atoms with E-state index in [1.807, 2.05) is 9.58 Å². The second-order valence-electron chi connectivity index (χ2n) is 6.58. The lowest BCUT2D eigenvalue weighted by Gasteiger charge is -2.23. The number of carbonyl (C=O) groups is 1. The van der Waals surface area contributed by atoms with E-state index in [2.05, 4.69) is 32.8 Å². The minimum absolute atomic E-state index is 0.103. The summed E-state index contributed by atoms with van der Waals surface area (Å²) in [4.78, 5) is 14.6. The van der Waals surface area contributed by atoms with Crippen molar-refractivity contribution in [2.75, 3.05) is 19.6 Å². The zero-order valence-electron chi connectivity index (χ0n) is 13.0. The molecule has 2 rings (SSSR count). The van der Waals surface area contributed by atoms with Crippen molar-refractivity contribution in [3.05, 3.63) is 17.5 Å². The van der Waals surface area contributed by atoms with E-state index in [1.165, 1.54) is 0 Å². The molecule has 1 aromatic rings. The summed E-state index contributed by atoms with van der Waals surface area (Å²) >= 11 is 0. The molecule has 2 heterocycles. The van der Waals surface area contributed by atoms with Gasteiger partial charge in [0.25, 0.3) is 5.91 Å². The number of hydrogen-bond donors (Lipinski definition) is 1. The Bertz CT molecular complexity index is 487. The highest BCUT2D eigenvalue weighted by Gasteiger charge is 2.30. The van der Waals surface area contributed by atoms with Crippen molar-refractivity contribution in [2.45, 2.75) is 46.1 Å². The normalized spacial score (nSPS) is 19.6. The molecule has 0 radical (unpaired) electrons. The molecule has 0 aliphatic carbocycles. The Morgan fingerprint density at radius 2 is 2.20 bits per heavy atom. The molecule has 0 unspecified atom stereocenters. The van der Waals surface area contributed by atoms with Gasteiger partial charge < -0.3 is 10.6 Å². The Labute approximate surface area is 121 Å². The maximum Gasteiger partial charge on any atom is 0.257 e. The van der Waals surface area contributed by atoms with E-state index in [1.54, 1.807) is 6.20 Å². The van der Waals surface area contributed by atoms with Gasteiger partial charge in [-0.25, -0.2) is 0 Å². The zero-order valence-corrected chi connectivity index (χ0v) is 13.0. The molecule has 5 nitrogen and oxygen atoms in total. The monoisotopic (exact) mass is 278 g/mol. The number of amides is 1. The molecule has 1 saturated heterocycles. The first kappa shape index (κ1) is 15.0. The summed E-state index contributed by atoms with van der Waals surface area (Å²) in [6.45, 7) is 10.6. The molecule has 1 fully saturated rings. The summed E-state index contributed by atoms with van der Waals surface area (Å²) in [6.07, 6.45) is 3.55. The summed E-state index contributed by atoms with van der Waals surface area (Å²) in [5, 5.41) is 4.43. The molecule has 1 amide bonds. The number of carbonyl (C=O) groups excluding carboxylic acids is 1. The minimum Gasteiger partial charge on any atom is -0.338 e. The van der Waals surface area contributed by atoms with Gasteiger partial charge >= 0.3 is 0 Å². The third-order valence-corrected chi connectivity index (χ3v) is 3.98. The number of nitrogens with two attached hydrogens (primary N) is 1. The van der Waals surface area contributed by atoms with Crippen molar-refractivity contribution in [2.24, 2.45) is 11.7 Å². The van der Waals surface area contributed by atoms with Crippen molar-refractivity contribution in [1.29, 1.82) is 0 Å². The third-order valence-electron chi connectivity index (χ3n) is 3.98. The van der Waals surface area contributed by atoms with Crippen LogP contribution in [0.1, 0.15) is 50.2 Å². The Balaban J connectivity index is 2.25. The lowest BCUT2D eigenvalue weighted by atomic mass is 10.1. The molecule has 0 saturated carbocycles. The third kappa shape index (κ3) is 2.73. The van der Waals surface area contributed by atoms with Crippen LogP contribution in [-0.2, 0) is 12.0 Å². The van der Waals surface area contributed by atoms with Crippen LogP contribution >= 0.6 is 0 Å². The number of likely N-dealkylation sites (tertiary alicyclic amines) is 1. The number of nitrogens with zero attached hydrogens (tertiary/aromatic N) is 3. The molecule has 0 spiro atoms. The fourth-order valence-corrected chi connectivity index (χ4v) is 2.85. The quantitative estimate of drug-likeness (QED) is 0.914. The van der Waals surface area contributed by atoms with E-state index in [9.17, 15) is 4.79 Å². The molecule has 1 aliphatic rings. The van der Waals surface area contributed by atoms with Crippen LogP contribution in [0.25, 0.3) is 0 Å². The highest BCUT2D eigenvalue weighted by Crippen LogP contribution is 2.23. The highest BCUT2D eigenvalue weighted by molar-refractivity contribution is 5.95. The summed E-state index contributed by atoms with van der Waals surface area (Å²) in [5.41, 5.74) is 7.37. The van der Waals surface area contributed by atoms with Gasteiger partial charge in [-0.3, -0.25) is 9.48 Å². The van der Waals surface area contributed by atoms with Gasteiger partial charge in [0.2, 0.25) is 0 Å². The summed E-state index contributed by atoms with van der Waals surface area (Å²) in [5.74, 6) is 0.551. The first-order valence-corrected chi connectivity index (χ1v) is 7.45. The van der Waals surface area contributed by atoms with E-state index in [4.69, 9.17) is 5.73 Å². The molecule has 0 aromatic carbocycles. The molecule has 20 heavy (non-hydrogen) atoms. The second kappa shape index (κ2) is 5.56. The topological polar surface area (TPSA) is 64.2 Å². The van der Waals surface area contributed by atoms with Gasteiger partial charge in [-0.15, -0.1) is 0 Å². The van der Waals surface area contributed by atoms with Crippen LogP contribution in [0.3, 0.4) is 0 Å². The number of rotatable bonds is 3. The minimum atomic E-state index is -0.103. The number of hydrogen-bond acceptors (Lipinski definition) is 3. The van der Waals surface area contributed by atoms with Crippen LogP contribution in [0, 0.1) is 5.92 Å². The van der Waals surface area contributed by atoms with Crippen LogP contribution in [-0.4, -0.2) is 40.2 Å². The Morgan fingerprint density at radius 1 is 1.50 bits per heavy atom. The van der Waals surface area contributed by atoms with Gasteiger partial charge in [-0.05, 0) is 46.1 Å². The Morgan fingerprint density at radius 3 is 2.70 bits per heavy atom. The standard InChI is InChI=1S/C15H26N4O/c1-5-13-12(9-17-19(13)15(2,3)4)14(20)18-7-6-11(8-16)10-18/h9,11H,5-8,10,16H2,1-4H3/t11-/m0/s1. The molecule has 1 aliphatic heterocycles. The SMILES string of the molecule is CCc1c(C(=O)N2CC[C@@H](CN)C2)cnn1C(C)(C)C. The molecule has 1 atom stereocenters.